The highest BCUT2D eigenvalue weighted by molar-refractivity contribution is 6.02. The molecule has 3 rings (SSSR count). The number of carbonyl (C=O) groups is 1. The molecule has 0 saturated carbocycles. The zero-order chi connectivity index (χ0) is 18.4. The van der Waals surface area contributed by atoms with Crippen LogP contribution in [0.4, 0.5) is 17.2 Å². The van der Waals surface area contributed by atoms with Crippen LogP contribution in [0, 0.1) is 11.3 Å². The monoisotopic (exact) mass is 343 g/mol. The van der Waals surface area contributed by atoms with E-state index in [1.165, 1.54) is 5.56 Å². The second-order valence-electron chi connectivity index (χ2n) is 5.62. The van der Waals surface area contributed by atoms with Gasteiger partial charge in [0.05, 0.1) is 11.6 Å². The Morgan fingerprint density at radius 2 is 1.65 bits per heavy atom. The molecule has 0 radical (unpaired) electrons. The molecule has 0 fully saturated rings. The predicted octanol–water partition coefficient (Wildman–Crippen LogP) is 3.91. The quantitative estimate of drug-likeness (QED) is 0.733. The number of hydrogen-bond acceptors (Lipinski definition) is 5. The van der Waals surface area contributed by atoms with E-state index in [0.717, 1.165) is 12.1 Å². The Balaban J connectivity index is 1.64. The van der Waals surface area contributed by atoms with Gasteiger partial charge in [0.2, 0.25) is 0 Å². The van der Waals surface area contributed by atoms with Gasteiger partial charge in [0, 0.05) is 11.4 Å². The maximum atomic E-state index is 12.2. The van der Waals surface area contributed by atoms with E-state index in [-0.39, 0.29) is 11.6 Å². The van der Waals surface area contributed by atoms with Crippen LogP contribution in [0.5, 0.6) is 0 Å². The number of anilines is 3. The first-order valence-corrected chi connectivity index (χ1v) is 8.19. The number of benzene rings is 2. The second kappa shape index (κ2) is 7.90. The molecule has 1 aromatic heterocycles. The van der Waals surface area contributed by atoms with Crippen LogP contribution in [0.3, 0.4) is 0 Å². The first kappa shape index (κ1) is 17.1. The molecule has 128 valence electrons. The van der Waals surface area contributed by atoms with E-state index in [2.05, 4.69) is 33.8 Å². The fourth-order valence-corrected chi connectivity index (χ4v) is 2.31. The summed E-state index contributed by atoms with van der Waals surface area (Å²) in [5, 5.41) is 22.7. The summed E-state index contributed by atoms with van der Waals surface area (Å²) in [6.45, 7) is 2.08. The van der Waals surface area contributed by atoms with Crippen LogP contribution in [0.25, 0.3) is 0 Å². The Morgan fingerprint density at radius 3 is 2.23 bits per heavy atom. The van der Waals surface area contributed by atoms with Gasteiger partial charge in [-0.05, 0) is 60.5 Å². The third-order valence-corrected chi connectivity index (χ3v) is 3.80. The minimum Gasteiger partial charge on any atom is -0.339 e. The largest absolute Gasteiger partial charge is 0.339 e. The lowest BCUT2D eigenvalue weighted by atomic mass is 10.1. The number of nitriles is 1. The van der Waals surface area contributed by atoms with Crippen LogP contribution in [0.15, 0.2) is 60.7 Å². The summed E-state index contributed by atoms with van der Waals surface area (Å²) in [6.07, 6.45) is 0.952. The second-order valence-corrected chi connectivity index (χ2v) is 5.62. The van der Waals surface area contributed by atoms with Gasteiger partial charge in [-0.15, -0.1) is 10.2 Å². The number of nitrogens with zero attached hydrogens (tertiary/aromatic N) is 3. The normalized spacial score (nSPS) is 10.0. The van der Waals surface area contributed by atoms with Crippen LogP contribution >= 0.6 is 0 Å². The van der Waals surface area contributed by atoms with Crippen molar-refractivity contribution in [2.75, 3.05) is 10.6 Å². The van der Waals surface area contributed by atoms with E-state index in [4.69, 9.17) is 5.26 Å². The first-order valence-electron chi connectivity index (χ1n) is 8.19. The summed E-state index contributed by atoms with van der Waals surface area (Å²) < 4.78 is 0. The summed E-state index contributed by atoms with van der Waals surface area (Å²) >= 11 is 0. The SMILES string of the molecule is CCc1ccc(NC(=O)c2ccc(Nc3ccc(C#N)cc3)nn2)cc1. The maximum absolute atomic E-state index is 12.2. The molecule has 26 heavy (non-hydrogen) atoms. The van der Waals surface area contributed by atoms with Gasteiger partial charge >= 0.3 is 0 Å². The predicted molar refractivity (Wildman–Crippen MR) is 100 cm³/mol. The maximum Gasteiger partial charge on any atom is 0.276 e. The van der Waals surface area contributed by atoms with Crippen molar-refractivity contribution < 1.29 is 4.79 Å². The van der Waals surface area contributed by atoms with Crippen molar-refractivity contribution in [2.45, 2.75) is 13.3 Å². The van der Waals surface area contributed by atoms with Crippen molar-refractivity contribution in [2.24, 2.45) is 0 Å². The molecule has 3 aromatic rings. The molecule has 0 bridgehead atoms. The van der Waals surface area contributed by atoms with Gasteiger partial charge in [-0.25, -0.2) is 0 Å². The third-order valence-electron chi connectivity index (χ3n) is 3.80. The van der Waals surface area contributed by atoms with E-state index < -0.39 is 0 Å². The molecule has 0 aliphatic heterocycles. The number of carbonyl (C=O) groups excluding carboxylic acids is 1. The molecule has 6 nitrogen and oxygen atoms in total. The van der Waals surface area contributed by atoms with Gasteiger partial charge < -0.3 is 10.6 Å². The molecule has 0 atom stereocenters. The number of rotatable bonds is 5. The number of hydrogen-bond donors (Lipinski definition) is 2. The van der Waals surface area contributed by atoms with Crippen LogP contribution in [-0.4, -0.2) is 16.1 Å². The van der Waals surface area contributed by atoms with Crippen LogP contribution in [0.2, 0.25) is 0 Å². The average molecular weight is 343 g/mol. The lowest BCUT2D eigenvalue weighted by molar-refractivity contribution is 0.102. The molecule has 0 saturated heterocycles. The fourth-order valence-electron chi connectivity index (χ4n) is 2.31. The number of nitrogens with one attached hydrogen (secondary N) is 2. The van der Waals surface area contributed by atoms with Crippen LogP contribution in [0.1, 0.15) is 28.5 Å². The van der Waals surface area contributed by atoms with Crippen molar-refractivity contribution in [1.82, 2.24) is 10.2 Å². The van der Waals surface area contributed by atoms with Gasteiger partial charge in [0.1, 0.15) is 0 Å². The first-order chi connectivity index (χ1) is 12.7. The molecule has 0 spiro atoms. The molecular weight excluding hydrogens is 326 g/mol. The van der Waals surface area contributed by atoms with Crippen LogP contribution in [-0.2, 0) is 6.42 Å². The average Bonchev–Trinajstić information content (AvgIpc) is 2.69. The highest BCUT2D eigenvalue weighted by Crippen LogP contribution is 2.15. The van der Waals surface area contributed by atoms with Gasteiger partial charge in [0.15, 0.2) is 11.5 Å². The van der Waals surface area contributed by atoms with E-state index in [9.17, 15) is 4.79 Å². The molecule has 1 amide bonds. The highest BCUT2D eigenvalue weighted by atomic mass is 16.1. The fraction of sp³-hybridized carbons (Fsp3) is 0.100. The molecule has 6 heteroatoms. The molecule has 2 aromatic carbocycles. The Bertz CT molecular complexity index is 926. The lowest BCUT2D eigenvalue weighted by Crippen LogP contribution is -2.14. The molecule has 1 heterocycles. The molecule has 2 N–H and O–H groups in total. The van der Waals surface area contributed by atoms with Crippen molar-refractivity contribution in [1.29, 1.82) is 5.26 Å². The summed E-state index contributed by atoms with van der Waals surface area (Å²) in [6, 6.07) is 20.0. The van der Waals surface area contributed by atoms with Gasteiger partial charge in [0.25, 0.3) is 5.91 Å². The molecule has 0 aliphatic rings. The Morgan fingerprint density at radius 1 is 0.962 bits per heavy atom. The van der Waals surface area contributed by atoms with Crippen molar-refractivity contribution >= 4 is 23.1 Å². The van der Waals surface area contributed by atoms with Gasteiger partial charge in [-0.3, -0.25) is 4.79 Å². The Hall–Kier alpha value is -3.72. The zero-order valence-electron chi connectivity index (χ0n) is 14.2. The van der Waals surface area contributed by atoms with Crippen LogP contribution < -0.4 is 10.6 Å². The van der Waals surface area contributed by atoms with Crippen molar-refractivity contribution in [3.8, 4) is 6.07 Å². The van der Waals surface area contributed by atoms with Gasteiger partial charge in [-0.2, -0.15) is 5.26 Å². The number of amides is 1. The highest BCUT2D eigenvalue weighted by Gasteiger charge is 2.09. The Kier molecular flexibility index (Phi) is 5.20. The molecular formula is C20H17N5O. The van der Waals surface area contributed by atoms with Gasteiger partial charge in [-0.1, -0.05) is 19.1 Å². The van der Waals surface area contributed by atoms with E-state index in [1.54, 1.807) is 36.4 Å². The molecule has 0 unspecified atom stereocenters. The van der Waals surface area contributed by atoms with E-state index in [1.807, 2.05) is 24.3 Å². The summed E-state index contributed by atoms with van der Waals surface area (Å²) in [5.74, 6) is 0.199. The summed E-state index contributed by atoms with van der Waals surface area (Å²) in [7, 11) is 0. The summed E-state index contributed by atoms with van der Waals surface area (Å²) in [4.78, 5) is 12.2. The Labute approximate surface area is 151 Å². The van der Waals surface area contributed by atoms with Crippen molar-refractivity contribution in [3.63, 3.8) is 0 Å². The number of aryl methyl sites for hydroxylation is 1. The zero-order valence-corrected chi connectivity index (χ0v) is 14.2. The van der Waals surface area contributed by atoms with Crippen molar-refractivity contribution in [3.05, 3.63) is 77.5 Å². The smallest absolute Gasteiger partial charge is 0.276 e. The number of aromatic nitrogens is 2. The van der Waals surface area contributed by atoms with E-state index in [0.29, 0.717) is 17.1 Å². The molecule has 0 aliphatic carbocycles. The van der Waals surface area contributed by atoms with E-state index >= 15 is 0 Å². The topological polar surface area (TPSA) is 90.7 Å². The minimum atomic E-state index is -0.313. The standard InChI is InChI=1S/C20H17N5O/c1-2-14-3-7-17(8-4-14)23-20(26)18-11-12-19(25-24-18)22-16-9-5-15(13-21)6-10-16/h3-12H,2H2,1H3,(H,22,25)(H,23,26). The minimum absolute atomic E-state index is 0.231. The third kappa shape index (κ3) is 4.22. The lowest BCUT2D eigenvalue weighted by Gasteiger charge is -2.07. The summed E-state index contributed by atoms with van der Waals surface area (Å²) in [5.41, 5.74) is 3.52.